The van der Waals surface area contributed by atoms with Gasteiger partial charge in [-0.05, 0) is 0 Å². The molecule has 1 saturated heterocycles. The van der Waals surface area contributed by atoms with E-state index in [1.807, 2.05) is 0 Å². The van der Waals surface area contributed by atoms with E-state index in [0.717, 1.165) is 0 Å². The van der Waals surface area contributed by atoms with E-state index in [1.54, 1.807) is 7.05 Å². The number of aromatic nitrogens is 4. The number of aliphatic hydroxyl groups is 1. The predicted molar refractivity (Wildman–Crippen MR) is 90.3 cm³/mol. The molecule has 20 heteroatoms. The Morgan fingerprint density at radius 1 is 1.19 bits per heavy atom. The van der Waals surface area contributed by atoms with Crippen molar-refractivity contribution in [3.05, 3.63) is 12.7 Å². The van der Waals surface area contributed by atoms with Crippen molar-refractivity contribution in [2.24, 2.45) is 0 Å². The zero-order valence-electron chi connectivity index (χ0n) is 15.4. The van der Waals surface area contributed by atoms with Crippen molar-refractivity contribution in [3.8, 4) is 0 Å². The third kappa shape index (κ3) is 6.14. The zero-order valence-corrected chi connectivity index (χ0v) is 18.1. The van der Waals surface area contributed by atoms with Crippen LogP contribution in [-0.4, -0.2) is 50.5 Å². The summed E-state index contributed by atoms with van der Waals surface area (Å²) in [4.78, 5) is 55.6. The molecular formula is C11H14N5O12P3-4. The first-order valence-corrected chi connectivity index (χ1v) is 12.6. The molecule has 2 aromatic heterocycles. The number of phosphoric ester groups is 1. The van der Waals surface area contributed by atoms with Gasteiger partial charge in [0.15, 0.2) is 11.5 Å². The van der Waals surface area contributed by atoms with Crippen molar-refractivity contribution in [1.82, 2.24) is 19.5 Å². The fraction of sp³-hybridized carbons (Fsp3) is 0.545. The van der Waals surface area contributed by atoms with Crippen molar-refractivity contribution in [2.45, 2.75) is 24.9 Å². The number of nitrogens with zero attached hydrogens (tertiary/aromatic N) is 4. The molecule has 0 bridgehead atoms. The summed E-state index contributed by atoms with van der Waals surface area (Å²) in [5.74, 6) is 0.441. The van der Waals surface area contributed by atoms with Gasteiger partial charge in [-0.1, -0.05) is 0 Å². The quantitative estimate of drug-likeness (QED) is 0.332. The summed E-state index contributed by atoms with van der Waals surface area (Å²) in [7, 11) is -16.2. The second-order valence-corrected chi connectivity index (χ2v) is 10.3. The van der Waals surface area contributed by atoms with E-state index in [9.17, 15) is 38.4 Å². The molecular weight excluding hydrogens is 487 g/mol. The second-order valence-electron chi connectivity index (χ2n) is 6.03. The lowest BCUT2D eigenvalue weighted by Crippen LogP contribution is -2.27. The van der Waals surface area contributed by atoms with Crippen LogP contribution in [0.2, 0.25) is 0 Å². The van der Waals surface area contributed by atoms with Crippen LogP contribution in [0.3, 0.4) is 0 Å². The van der Waals surface area contributed by atoms with Gasteiger partial charge in [0.1, 0.15) is 24.2 Å². The Hall–Kier alpha value is -1.32. The van der Waals surface area contributed by atoms with Gasteiger partial charge in [0, 0.05) is 13.5 Å². The standard InChI is InChI=1S/C11H18N5O12P3/c1-12-10-9-11(14-4-13-10)16(5-15-9)8-2-6(17)7(26-8)3-25-30(21,22)28-31(23,24)27-29(18,19)20/h4-8,17H,2-3H2,1H3,(H,21,22)(H,23,24)(H,12,13,14)(H2,18,19,20)/p-4/t6-,7+,8+/m0/s1. The smallest absolute Gasteiger partial charge is 0.278 e. The molecule has 0 amide bonds. The molecule has 2 N–H and O–H groups in total. The highest BCUT2D eigenvalue weighted by Crippen LogP contribution is 2.60. The first-order valence-electron chi connectivity index (χ1n) is 8.20. The van der Waals surface area contributed by atoms with Crippen LogP contribution >= 0.6 is 23.5 Å². The number of aliphatic hydroxyl groups excluding tert-OH is 1. The Balaban J connectivity index is 1.65. The minimum Gasteiger partial charge on any atom is -0.790 e. The molecule has 0 aliphatic carbocycles. The number of imidazole rings is 1. The van der Waals surface area contributed by atoms with Gasteiger partial charge >= 0.3 is 0 Å². The van der Waals surface area contributed by atoms with Gasteiger partial charge in [-0.2, -0.15) is 0 Å². The highest BCUT2D eigenvalue weighted by atomic mass is 31.3. The molecule has 1 aliphatic heterocycles. The van der Waals surface area contributed by atoms with Gasteiger partial charge < -0.3 is 43.8 Å². The third-order valence-corrected chi connectivity index (χ3v) is 7.57. The Labute approximate surface area is 173 Å². The van der Waals surface area contributed by atoms with Crippen molar-refractivity contribution < 1.29 is 56.3 Å². The van der Waals surface area contributed by atoms with E-state index < -0.39 is 48.5 Å². The summed E-state index contributed by atoms with van der Waals surface area (Å²) in [6, 6.07) is 0. The SMILES string of the molecule is CNc1ncnc2c1ncn2[C@H]1C[C@H](O)[C@@H](COP(=O)([O-])OP(=O)([O-])OP(=O)([O-])[O-])O1. The molecule has 0 aromatic carbocycles. The highest BCUT2D eigenvalue weighted by molar-refractivity contribution is 7.64. The van der Waals surface area contributed by atoms with Crippen LogP contribution in [0.25, 0.3) is 11.2 Å². The minimum absolute atomic E-state index is 0.0267. The highest BCUT2D eigenvalue weighted by Gasteiger charge is 2.37. The Kier molecular flexibility index (Phi) is 6.99. The molecule has 1 aliphatic rings. The van der Waals surface area contributed by atoms with Gasteiger partial charge in [-0.3, -0.25) is 18.0 Å². The fourth-order valence-electron chi connectivity index (χ4n) is 2.73. The molecule has 3 heterocycles. The van der Waals surface area contributed by atoms with Gasteiger partial charge in [-0.15, -0.1) is 0 Å². The van der Waals surface area contributed by atoms with Gasteiger partial charge in [-0.25, -0.2) is 19.3 Å². The topological polar surface area (TPSA) is 256 Å². The monoisotopic (exact) mass is 501 g/mol. The molecule has 174 valence electrons. The first kappa shape index (κ1) is 24.3. The van der Waals surface area contributed by atoms with E-state index >= 15 is 0 Å². The third-order valence-electron chi connectivity index (χ3n) is 3.91. The largest absolute Gasteiger partial charge is 0.790 e. The van der Waals surface area contributed by atoms with Crippen LogP contribution in [0.1, 0.15) is 12.6 Å². The van der Waals surface area contributed by atoms with Gasteiger partial charge in [0.25, 0.3) is 15.6 Å². The number of phosphoric acid groups is 3. The van der Waals surface area contributed by atoms with Crippen LogP contribution in [0, 0.1) is 0 Å². The van der Waals surface area contributed by atoms with E-state index in [-0.39, 0.29) is 6.42 Å². The summed E-state index contributed by atoms with van der Waals surface area (Å²) < 4.78 is 50.9. The van der Waals surface area contributed by atoms with Crippen LogP contribution in [0.15, 0.2) is 12.7 Å². The van der Waals surface area contributed by atoms with Crippen LogP contribution in [-0.2, 0) is 31.6 Å². The molecule has 0 radical (unpaired) electrons. The van der Waals surface area contributed by atoms with Crippen LogP contribution < -0.4 is 24.9 Å². The maximum atomic E-state index is 11.6. The number of ether oxygens (including phenoxy) is 1. The van der Waals surface area contributed by atoms with Gasteiger partial charge in [0.2, 0.25) is 0 Å². The van der Waals surface area contributed by atoms with Crippen molar-refractivity contribution >= 4 is 40.4 Å². The lowest BCUT2D eigenvalue weighted by atomic mass is 10.2. The van der Waals surface area contributed by atoms with E-state index in [4.69, 9.17) is 4.74 Å². The van der Waals surface area contributed by atoms with Crippen molar-refractivity contribution in [1.29, 1.82) is 0 Å². The molecule has 2 aromatic rings. The summed E-state index contributed by atoms with van der Waals surface area (Å²) in [5, 5.41) is 13.0. The summed E-state index contributed by atoms with van der Waals surface area (Å²) in [6.45, 7) is -0.895. The molecule has 31 heavy (non-hydrogen) atoms. The molecule has 3 rings (SSSR count). The maximum absolute atomic E-state index is 11.6. The number of rotatable bonds is 9. The molecule has 0 saturated carbocycles. The van der Waals surface area contributed by atoms with Crippen LogP contribution in [0.4, 0.5) is 5.82 Å². The predicted octanol–water partition coefficient (Wildman–Crippen LogP) is -2.67. The van der Waals surface area contributed by atoms with E-state index in [0.29, 0.717) is 17.0 Å². The molecule has 17 nitrogen and oxygen atoms in total. The number of anilines is 1. The Morgan fingerprint density at radius 3 is 2.55 bits per heavy atom. The summed E-state index contributed by atoms with van der Waals surface area (Å²) in [6.07, 6.45) is -0.711. The number of hydrogen-bond acceptors (Lipinski definition) is 16. The average molecular weight is 501 g/mol. The Morgan fingerprint density at radius 2 is 1.90 bits per heavy atom. The molecule has 0 spiro atoms. The zero-order chi connectivity index (χ0) is 23.0. The van der Waals surface area contributed by atoms with Crippen LogP contribution in [0.5, 0.6) is 0 Å². The number of fused-ring (bicyclic) bond motifs is 1. The first-order chi connectivity index (χ1) is 14.3. The normalized spacial score (nSPS) is 25.9. The summed E-state index contributed by atoms with van der Waals surface area (Å²) in [5.41, 5.74) is 0.778. The van der Waals surface area contributed by atoms with E-state index in [2.05, 4.69) is 33.4 Å². The molecule has 2 unspecified atom stereocenters. The average Bonchev–Trinajstić information content (AvgIpc) is 3.19. The maximum Gasteiger partial charge on any atom is 0.278 e. The van der Waals surface area contributed by atoms with Crippen molar-refractivity contribution in [3.63, 3.8) is 0 Å². The lowest BCUT2D eigenvalue weighted by Gasteiger charge is -2.37. The molecule has 1 fully saturated rings. The van der Waals surface area contributed by atoms with Crippen molar-refractivity contribution in [2.75, 3.05) is 19.0 Å². The lowest BCUT2D eigenvalue weighted by molar-refractivity contribution is -0.339. The summed E-state index contributed by atoms with van der Waals surface area (Å²) >= 11 is 0. The number of nitrogens with one attached hydrogen (secondary N) is 1. The van der Waals surface area contributed by atoms with E-state index in [1.165, 1.54) is 17.2 Å². The minimum atomic E-state index is -6.09. The second kappa shape index (κ2) is 8.90. The fourth-order valence-corrected chi connectivity index (χ4v) is 5.59. The Bertz CT molecular complexity index is 1090. The van der Waals surface area contributed by atoms with Gasteiger partial charge in [0.05, 0.1) is 26.9 Å². The number of hydrogen-bond donors (Lipinski definition) is 2. The molecule has 5 atom stereocenters.